The van der Waals surface area contributed by atoms with Crippen LogP contribution in [0.25, 0.3) is 0 Å². The van der Waals surface area contributed by atoms with Gasteiger partial charge in [0, 0.05) is 13.1 Å². The molecule has 1 atom stereocenters. The first-order valence-electron chi connectivity index (χ1n) is 7.06. The fourth-order valence-electron chi connectivity index (χ4n) is 2.16. The number of esters is 1. The van der Waals surface area contributed by atoms with Crippen molar-refractivity contribution >= 4 is 5.97 Å². The van der Waals surface area contributed by atoms with E-state index in [1.807, 2.05) is 4.90 Å². The van der Waals surface area contributed by atoms with Crippen LogP contribution in [0.4, 0.5) is 4.39 Å². The predicted molar refractivity (Wildman–Crippen MR) is 74.7 cm³/mol. The summed E-state index contributed by atoms with van der Waals surface area (Å²) in [5.41, 5.74) is 0. The Hall–Kier alpha value is -1.66. The minimum absolute atomic E-state index is 0.187. The van der Waals surface area contributed by atoms with E-state index in [9.17, 15) is 9.18 Å². The SMILES string of the molecule is CCOC(=O)CN1CCO[C@H](COc2ccccc2F)C1. The molecule has 5 nitrogen and oxygen atoms in total. The molecule has 1 saturated heterocycles. The van der Waals surface area contributed by atoms with Crippen LogP contribution in [0.3, 0.4) is 0 Å². The zero-order valence-electron chi connectivity index (χ0n) is 12.1. The molecule has 0 spiro atoms. The number of nitrogens with zero attached hydrogens (tertiary/aromatic N) is 1. The maximum atomic E-state index is 13.4. The molecule has 0 unspecified atom stereocenters. The van der Waals surface area contributed by atoms with Crippen molar-refractivity contribution in [3.63, 3.8) is 0 Å². The normalized spacial score (nSPS) is 19.2. The molecule has 6 heteroatoms. The highest BCUT2D eigenvalue weighted by Gasteiger charge is 2.23. The van der Waals surface area contributed by atoms with Gasteiger partial charge in [-0.25, -0.2) is 4.39 Å². The minimum Gasteiger partial charge on any atom is -0.488 e. The summed E-state index contributed by atoms with van der Waals surface area (Å²) in [5.74, 6) is -0.423. The second kappa shape index (κ2) is 7.95. The Kier molecular flexibility index (Phi) is 5.95. The van der Waals surface area contributed by atoms with E-state index in [0.717, 1.165) is 0 Å². The summed E-state index contributed by atoms with van der Waals surface area (Å²) < 4.78 is 29.4. The third-order valence-corrected chi connectivity index (χ3v) is 3.14. The first-order chi connectivity index (χ1) is 10.2. The number of rotatable bonds is 6. The molecular formula is C15H20FNO4. The van der Waals surface area contributed by atoms with E-state index in [0.29, 0.717) is 26.3 Å². The molecule has 1 aliphatic rings. The highest BCUT2D eigenvalue weighted by Crippen LogP contribution is 2.16. The third-order valence-electron chi connectivity index (χ3n) is 3.14. The average molecular weight is 297 g/mol. The number of hydrogen-bond donors (Lipinski definition) is 0. The van der Waals surface area contributed by atoms with Crippen LogP contribution < -0.4 is 4.74 Å². The molecule has 0 amide bonds. The van der Waals surface area contributed by atoms with Crippen molar-refractivity contribution in [1.29, 1.82) is 0 Å². The van der Waals surface area contributed by atoms with E-state index in [4.69, 9.17) is 14.2 Å². The van der Waals surface area contributed by atoms with Gasteiger partial charge in [-0.05, 0) is 19.1 Å². The van der Waals surface area contributed by atoms with Crippen molar-refractivity contribution in [2.45, 2.75) is 13.0 Å². The van der Waals surface area contributed by atoms with E-state index in [1.165, 1.54) is 6.07 Å². The summed E-state index contributed by atoms with van der Waals surface area (Å²) in [6, 6.07) is 6.26. The van der Waals surface area contributed by atoms with Crippen molar-refractivity contribution in [2.24, 2.45) is 0 Å². The lowest BCUT2D eigenvalue weighted by atomic mass is 10.3. The molecule has 116 valence electrons. The lowest BCUT2D eigenvalue weighted by Gasteiger charge is -2.32. The molecule has 1 aromatic carbocycles. The van der Waals surface area contributed by atoms with Crippen LogP contribution in [0.5, 0.6) is 5.75 Å². The van der Waals surface area contributed by atoms with Gasteiger partial charge in [-0.15, -0.1) is 0 Å². The molecule has 0 bridgehead atoms. The Labute approximate surface area is 123 Å². The van der Waals surface area contributed by atoms with Gasteiger partial charge >= 0.3 is 5.97 Å². The molecule has 1 aromatic rings. The van der Waals surface area contributed by atoms with E-state index in [2.05, 4.69) is 0 Å². The number of hydrogen-bond acceptors (Lipinski definition) is 5. The van der Waals surface area contributed by atoms with Gasteiger partial charge in [0.25, 0.3) is 0 Å². The van der Waals surface area contributed by atoms with Crippen molar-refractivity contribution in [3.8, 4) is 5.75 Å². The number of para-hydroxylation sites is 1. The van der Waals surface area contributed by atoms with E-state index in [1.54, 1.807) is 25.1 Å². The van der Waals surface area contributed by atoms with E-state index < -0.39 is 5.82 Å². The Morgan fingerprint density at radius 3 is 3.05 bits per heavy atom. The molecular weight excluding hydrogens is 277 g/mol. The van der Waals surface area contributed by atoms with Crippen molar-refractivity contribution in [1.82, 2.24) is 4.90 Å². The molecule has 21 heavy (non-hydrogen) atoms. The molecule has 0 aromatic heterocycles. The molecule has 0 saturated carbocycles. The van der Waals surface area contributed by atoms with Gasteiger partial charge in [-0.2, -0.15) is 0 Å². The number of ether oxygens (including phenoxy) is 3. The third kappa shape index (κ3) is 4.99. The average Bonchev–Trinajstić information content (AvgIpc) is 2.47. The highest BCUT2D eigenvalue weighted by atomic mass is 19.1. The van der Waals surface area contributed by atoms with Gasteiger partial charge in [0.15, 0.2) is 11.6 Å². The molecule has 0 aliphatic carbocycles. The number of halogens is 1. The van der Waals surface area contributed by atoms with Crippen LogP contribution >= 0.6 is 0 Å². The fraction of sp³-hybridized carbons (Fsp3) is 0.533. The molecule has 2 rings (SSSR count). The summed E-state index contributed by atoms with van der Waals surface area (Å²) in [5, 5.41) is 0. The predicted octanol–water partition coefficient (Wildman–Crippen LogP) is 1.47. The molecule has 1 aliphatic heterocycles. The maximum absolute atomic E-state index is 13.4. The summed E-state index contributed by atoms with van der Waals surface area (Å²) in [6.07, 6.45) is -0.187. The summed E-state index contributed by atoms with van der Waals surface area (Å²) in [4.78, 5) is 13.4. The van der Waals surface area contributed by atoms with Crippen LogP contribution in [-0.2, 0) is 14.3 Å². The van der Waals surface area contributed by atoms with E-state index >= 15 is 0 Å². The number of carbonyl (C=O) groups is 1. The largest absolute Gasteiger partial charge is 0.488 e. The zero-order chi connectivity index (χ0) is 15.1. The minimum atomic E-state index is -0.392. The van der Waals surface area contributed by atoms with Crippen LogP contribution in [-0.4, -0.2) is 56.4 Å². The van der Waals surface area contributed by atoms with Crippen LogP contribution in [0.1, 0.15) is 6.92 Å². The topological polar surface area (TPSA) is 48.0 Å². The summed E-state index contributed by atoms with van der Waals surface area (Å²) in [7, 11) is 0. The van der Waals surface area contributed by atoms with Crippen LogP contribution in [0.2, 0.25) is 0 Å². The number of benzene rings is 1. The van der Waals surface area contributed by atoms with Crippen molar-refractivity contribution in [2.75, 3.05) is 39.5 Å². The Morgan fingerprint density at radius 2 is 2.29 bits per heavy atom. The molecule has 0 radical (unpaired) electrons. The van der Waals surface area contributed by atoms with Gasteiger partial charge in [-0.1, -0.05) is 12.1 Å². The lowest BCUT2D eigenvalue weighted by Crippen LogP contribution is -2.47. The number of carbonyl (C=O) groups excluding carboxylic acids is 1. The first-order valence-corrected chi connectivity index (χ1v) is 7.06. The number of morpholine rings is 1. The summed E-state index contributed by atoms with van der Waals surface area (Å²) >= 11 is 0. The first kappa shape index (κ1) is 15.7. The fourth-order valence-corrected chi connectivity index (χ4v) is 2.16. The lowest BCUT2D eigenvalue weighted by molar-refractivity contribution is -0.146. The molecule has 1 fully saturated rings. The highest BCUT2D eigenvalue weighted by molar-refractivity contribution is 5.71. The summed E-state index contributed by atoms with van der Waals surface area (Å²) in [6.45, 7) is 4.41. The smallest absolute Gasteiger partial charge is 0.320 e. The van der Waals surface area contributed by atoms with Crippen molar-refractivity contribution in [3.05, 3.63) is 30.1 Å². The second-order valence-electron chi connectivity index (χ2n) is 4.77. The Bertz CT molecular complexity index is 469. The Morgan fingerprint density at radius 1 is 1.48 bits per heavy atom. The maximum Gasteiger partial charge on any atom is 0.320 e. The van der Waals surface area contributed by atoms with Gasteiger partial charge in [0.2, 0.25) is 0 Å². The van der Waals surface area contributed by atoms with Gasteiger partial charge < -0.3 is 14.2 Å². The Balaban J connectivity index is 1.79. The standard InChI is InChI=1S/C15H20FNO4/c1-2-19-15(18)10-17-7-8-20-12(9-17)11-21-14-6-4-3-5-13(14)16/h3-6,12H,2,7-11H2,1H3/t12-/m0/s1. The van der Waals surface area contributed by atoms with Gasteiger partial charge in [0.1, 0.15) is 12.7 Å². The van der Waals surface area contributed by atoms with Crippen molar-refractivity contribution < 1.29 is 23.4 Å². The van der Waals surface area contributed by atoms with Crippen LogP contribution in [0, 0.1) is 5.82 Å². The second-order valence-corrected chi connectivity index (χ2v) is 4.77. The molecule has 1 heterocycles. The van der Waals surface area contributed by atoms with Gasteiger partial charge in [0.05, 0.1) is 19.8 Å². The molecule has 0 N–H and O–H groups in total. The monoisotopic (exact) mass is 297 g/mol. The van der Waals surface area contributed by atoms with E-state index in [-0.39, 0.29) is 31.0 Å². The quantitative estimate of drug-likeness (QED) is 0.744. The van der Waals surface area contributed by atoms with Gasteiger partial charge in [-0.3, -0.25) is 9.69 Å². The van der Waals surface area contributed by atoms with Crippen LogP contribution in [0.15, 0.2) is 24.3 Å². The zero-order valence-corrected chi connectivity index (χ0v) is 12.1.